The third-order valence-electron chi connectivity index (χ3n) is 5.36. The SMILES string of the molecule is CCN1CCC[C@@H](CN(C)C(=O)NCCn2cccn2)[C@@H]1c1cnn(C)c1. The Balaban J connectivity index is 1.58. The highest BCUT2D eigenvalue weighted by molar-refractivity contribution is 5.73. The van der Waals surface area contributed by atoms with Gasteiger partial charge in [-0.3, -0.25) is 14.3 Å². The van der Waals surface area contributed by atoms with Crippen LogP contribution in [-0.4, -0.2) is 68.6 Å². The molecule has 0 aromatic carbocycles. The predicted molar refractivity (Wildman–Crippen MR) is 104 cm³/mol. The number of amides is 2. The fourth-order valence-electron chi connectivity index (χ4n) is 4.05. The van der Waals surface area contributed by atoms with E-state index in [1.165, 1.54) is 12.0 Å². The smallest absolute Gasteiger partial charge is 0.317 e. The number of nitrogens with one attached hydrogen (secondary N) is 1. The molecule has 148 valence electrons. The first kappa shape index (κ1) is 19.4. The van der Waals surface area contributed by atoms with Gasteiger partial charge in [0, 0.05) is 57.4 Å². The summed E-state index contributed by atoms with van der Waals surface area (Å²) in [6, 6.07) is 2.17. The average Bonchev–Trinajstić information content (AvgIpc) is 3.33. The number of urea groups is 1. The maximum atomic E-state index is 12.5. The van der Waals surface area contributed by atoms with Gasteiger partial charge in [-0.15, -0.1) is 0 Å². The van der Waals surface area contributed by atoms with E-state index in [0.717, 1.165) is 26.1 Å². The zero-order chi connectivity index (χ0) is 19.2. The highest BCUT2D eigenvalue weighted by Crippen LogP contribution is 2.36. The van der Waals surface area contributed by atoms with Gasteiger partial charge in [0.05, 0.1) is 12.7 Å². The van der Waals surface area contributed by atoms with Crippen LogP contribution in [0.5, 0.6) is 0 Å². The van der Waals surface area contributed by atoms with E-state index in [1.807, 2.05) is 46.8 Å². The van der Waals surface area contributed by atoms with Crippen LogP contribution in [0.2, 0.25) is 0 Å². The van der Waals surface area contributed by atoms with Crippen molar-refractivity contribution < 1.29 is 4.79 Å². The van der Waals surface area contributed by atoms with Crippen molar-refractivity contribution in [2.45, 2.75) is 32.4 Å². The second-order valence-electron chi connectivity index (χ2n) is 7.30. The molecule has 0 saturated carbocycles. The fourth-order valence-corrected chi connectivity index (χ4v) is 4.05. The minimum atomic E-state index is -0.0271. The van der Waals surface area contributed by atoms with Gasteiger partial charge in [-0.2, -0.15) is 10.2 Å². The van der Waals surface area contributed by atoms with Gasteiger partial charge < -0.3 is 10.2 Å². The van der Waals surface area contributed by atoms with Crippen LogP contribution in [0.1, 0.15) is 31.4 Å². The molecule has 27 heavy (non-hydrogen) atoms. The van der Waals surface area contributed by atoms with E-state index in [1.54, 1.807) is 6.20 Å². The number of hydrogen-bond donors (Lipinski definition) is 1. The summed E-state index contributed by atoms with van der Waals surface area (Å²) >= 11 is 0. The summed E-state index contributed by atoms with van der Waals surface area (Å²) in [7, 11) is 3.84. The first-order chi connectivity index (χ1) is 13.1. The monoisotopic (exact) mass is 373 g/mol. The Morgan fingerprint density at radius 1 is 1.41 bits per heavy atom. The van der Waals surface area contributed by atoms with E-state index in [0.29, 0.717) is 25.0 Å². The Bertz CT molecular complexity index is 711. The summed E-state index contributed by atoms with van der Waals surface area (Å²) in [6.45, 7) is 6.31. The van der Waals surface area contributed by atoms with E-state index in [2.05, 4.69) is 33.5 Å². The van der Waals surface area contributed by atoms with E-state index in [4.69, 9.17) is 0 Å². The molecule has 1 N–H and O–H groups in total. The number of rotatable bonds is 7. The Kier molecular flexibility index (Phi) is 6.49. The number of carbonyl (C=O) groups is 1. The average molecular weight is 374 g/mol. The van der Waals surface area contributed by atoms with Gasteiger partial charge in [0.15, 0.2) is 0 Å². The second-order valence-corrected chi connectivity index (χ2v) is 7.30. The lowest BCUT2D eigenvalue weighted by Crippen LogP contribution is -2.46. The largest absolute Gasteiger partial charge is 0.336 e. The highest BCUT2D eigenvalue weighted by atomic mass is 16.2. The molecule has 1 aliphatic rings. The number of likely N-dealkylation sites (tertiary alicyclic amines) is 1. The van der Waals surface area contributed by atoms with Gasteiger partial charge in [0.1, 0.15) is 0 Å². The van der Waals surface area contributed by atoms with Gasteiger partial charge in [-0.05, 0) is 37.9 Å². The van der Waals surface area contributed by atoms with Crippen LogP contribution in [0, 0.1) is 5.92 Å². The van der Waals surface area contributed by atoms with Gasteiger partial charge in [-0.25, -0.2) is 4.79 Å². The number of nitrogens with zero attached hydrogens (tertiary/aromatic N) is 6. The number of carbonyl (C=O) groups excluding carboxylic acids is 1. The Morgan fingerprint density at radius 2 is 2.26 bits per heavy atom. The van der Waals surface area contributed by atoms with Crippen molar-refractivity contribution in [1.29, 1.82) is 0 Å². The molecule has 8 nitrogen and oxygen atoms in total. The Hall–Kier alpha value is -2.35. The summed E-state index contributed by atoms with van der Waals surface area (Å²) < 4.78 is 3.68. The molecule has 1 saturated heterocycles. The summed E-state index contributed by atoms with van der Waals surface area (Å²) in [4.78, 5) is 16.8. The fraction of sp³-hybridized carbons (Fsp3) is 0.632. The summed E-state index contributed by atoms with van der Waals surface area (Å²) in [6.07, 6.45) is 10.0. The van der Waals surface area contributed by atoms with Crippen LogP contribution in [-0.2, 0) is 13.6 Å². The lowest BCUT2D eigenvalue weighted by Gasteiger charge is -2.42. The minimum Gasteiger partial charge on any atom is -0.336 e. The topological polar surface area (TPSA) is 71.2 Å². The molecule has 2 aromatic rings. The number of hydrogen-bond acceptors (Lipinski definition) is 4. The van der Waals surface area contributed by atoms with Crippen LogP contribution in [0.3, 0.4) is 0 Å². The molecule has 0 spiro atoms. The summed E-state index contributed by atoms with van der Waals surface area (Å²) in [5.41, 5.74) is 1.25. The van der Waals surface area contributed by atoms with Gasteiger partial charge in [0.2, 0.25) is 0 Å². The van der Waals surface area contributed by atoms with Crippen LogP contribution >= 0.6 is 0 Å². The molecule has 8 heteroatoms. The van der Waals surface area contributed by atoms with Crippen molar-refractivity contribution >= 4 is 6.03 Å². The number of aryl methyl sites for hydroxylation is 1. The minimum absolute atomic E-state index is 0.0271. The lowest BCUT2D eigenvalue weighted by atomic mass is 9.85. The zero-order valence-electron chi connectivity index (χ0n) is 16.6. The van der Waals surface area contributed by atoms with Gasteiger partial charge in [0.25, 0.3) is 0 Å². The van der Waals surface area contributed by atoms with Crippen LogP contribution in [0.25, 0.3) is 0 Å². The Morgan fingerprint density at radius 3 is 2.93 bits per heavy atom. The molecule has 3 heterocycles. The molecule has 1 fully saturated rings. The molecule has 0 aliphatic carbocycles. The van der Waals surface area contributed by atoms with Gasteiger partial charge >= 0.3 is 6.03 Å². The molecule has 2 atom stereocenters. The third kappa shape index (κ3) is 4.88. The van der Waals surface area contributed by atoms with Crippen LogP contribution in [0.15, 0.2) is 30.9 Å². The van der Waals surface area contributed by atoms with Gasteiger partial charge in [-0.1, -0.05) is 6.92 Å². The van der Waals surface area contributed by atoms with Crippen LogP contribution < -0.4 is 5.32 Å². The number of aromatic nitrogens is 4. The third-order valence-corrected chi connectivity index (χ3v) is 5.36. The molecular formula is C19H31N7O. The molecule has 1 aliphatic heterocycles. The summed E-state index contributed by atoms with van der Waals surface area (Å²) in [5.74, 6) is 0.407. The summed E-state index contributed by atoms with van der Waals surface area (Å²) in [5, 5.41) is 11.5. The molecule has 2 aromatic heterocycles. The van der Waals surface area contributed by atoms with Crippen molar-refractivity contribution in [2.75, 3.05) is 33.2 Å². The van der Waals surface area contributed by atoms with E-state index in [9.17, 15) is 4.79 Å². The molecule has 0 radical (unpaired) electrons. The first-order valence-electron chi connectivity index (χ1n) is 9.77. The van der Waals surface area contributed by atoms with Crippen molar-refractivity contribution in [2.24, 2.45) is 13.0 Å². The standard InChI is InChI=1S/C19H31N7O/c1-4-25-10-5-7-16(18(25)17-13-22-24(3)15-17)14-23(2)19(27)20-9-12-26-11-6-8-21-26/h6,8,11,13,15-16,18H,4-5,7,9-10,12,14H2,1-3H3,(H,20,27)/t16-,18+/m0/s1. The van der Waals surface area contributed by atoms with Crippen molar-refractivity contribution in [1.82, 2.24) is 34.7 Å². The molecular weight excluding hydrogens is 342 g/mol. The maximum Gasteiger partial charge on any atom is 0.317 e. The quantitative estimate of drug-likeness (QED) is 0.802. The predicted octanol–water partition coefficient (Wildman–Crippen LogP) is 1.73. The highest BCUT2D eigenvalue weighted by Gasteiger charge is 2.33. The number of piperidine rings is 1. The van der Waals surface area contributed by atoms with E-state index in [-0.39, 0.29) is 6.03 Å². The van der Waals surface area contributed by atoms with Crippen LogP contribution in [0.4, 0.5) is 4.79 Å². The van der Waals surface area contributed by atoms with Crippen molar-refractivity contribution in [3.8, 4) is 0 Å². The molecule has 0 bridgehead atoms. The maximum absolute atomic E-state index is 12.5. The molecule has 0 unspecified atom stereocenters. The molecule has 2 amide bonds. The van der Waals surface area contributed by atoms with E-state index < -0.39 is 0 Å². The van der Waals surface area contributed by atoms with Crippen molar-refractivity contribution in [3.63, 3.8) is 0 Å². The molecule has 3 rings (SSSR count). The first-order valence-corrected chi connectivity index (χ1v) is 9.77. The lowest BCUT2D eigenvalue weighted by molar-refractivity contribution is 0.0814. The van der Waals surface area contributed by atoms with Crippen molar-refractivity contribution in [3.05, 3.63) is 36.4 Å². The Labute approximate surface area is 161 Å². The zero-order valence-corrected chi connectivity index (χ0v) is 16.6. The second kappa shape index (κ2) is 9.03. The normalized spacial score (nSPS) is 20.6. The van der Waals surface area contributed by atoms with E-state index >= 15 is 0 Å².